The van der Waals surface area contributed by atoms with Gasteiger partial charge in [-0.2, -0.15) is 8.42 Å². The third-order valence-corrected chi connectivity index (χ3v) is 3.83. The average Bonchev–Trinajstić information content (AvgIpc) is 2.67. The van der Waals surface area contributed by atoms with Crippen LogP contribution in [0.4, 0.5) is 0 Å². The van der Waals surface area contributed by atoms with Gasteiger partial charge in [0.25, 0.3) is 10.1 Å². The Morgan fingerprint density at radius 2 is 1.72 bits per heavy atom. The predicted molar refractivity (Wildman–Crippen MR) is 111 cm³/mol. The van der Waals surface area contributed by atoms with Crippen LogP contribution in [-0.2, 0) is 14.9 Å². The van der Waals surface area contributed by atoms with Crippen LogP contribution < -0.4 is 14.8 Å². The quantitative estimate of drug-likeness (QED) is 0.674. The summed E-state index contributed by atoms with van der Waals surface area (Å²) in [5.41, 5.74) is 1.10. The van der Waals surface area contributed by atoms with E-state index in [9.17, 15) is 8.42 Å². The summed E-state index contributed by atoms with van der Waals surface area (Å²) in [6, 6.07) is 18.0. The zero-order valence-electron chi connectivity index (χ0n) is 16.6. The summed E-state index contributed by atoms with van der Waals surface area (Å²) in [5, 5.41) is 3.37. The highest BCUT2D eigenvalue weighted by Crippen LogP contribution is 2.33. The van der Waals surface area contributed by atoms with Gasteiger partial charge in [0.15, 0.2) is 17.6 Å². The lowest BCUT2D eigenvalue weighted by atomic mass is 10.0. The molecule has 4 N–H and O–H groups in total. The van der Waals surface area contributed by atoms with E-state index >= 15 is 0 Å². The van der Waals surface area contributed by atoms with Crippen molar-refractivity contribution in [1.82, 2.24) is 5.32 Å². The first kappa shape index (κ1) is 24.9. The van der Waals surface area contributed by atoms with Crippen LogP contribution in [0.2, 0.25) is 0 Å². The largest absolute Gasteiger partial charge is 0.490 e. The number of hydrogen-bond donors (Lipinski definition) is 2. The molecule has 0 radical (unpaired) electrons. The van der Waals surface area contributed by atoms with Crippen LogP contribution in [0.3, 0.4) is 0 Å². The summed E-state index contributed by atoms with van der Waals surface area (Å²) in [4.78, 5) is 0. The predicted octanol–water partition coefficient (Wildman–Crippen LogP) is 1.87. The second kappa shape index (κ2) is 12.4. The molecule has 2 aromatic rings. The Balaban J connectivity index is 0.000000628. The molecule has 1 fully saturated rings. The number of ether oxygens (including phenoxy) is 3. The first-order valence-electron chi connectivity index (χ1n) is 9.06. The molecule has 0 aromatic heterocycles. The number of benzene rings is 2. The number of nitrogens with one attached hydrogen (secondary N) is 1. The van der Waals surface area contributed by atoms with Gasteiger partial charge in [-0.3, -0.25) is 4.55 Å². The Labute approximate surface area is 171 Å². The topological polar surface area (TPSA) is 126 Å². The number of hydrogen-bond acceptors (Lipinski definition) is 6. The monoisotopic (exact) mass is 427 g/mol. The third-order valence-electron chi connectivity index (χ3n) is 3.83. The van der Waals surface area contributed by atoms with Crippen molar-refractivity contribution < 1.29 is 32.7 Å². The normalized spacial score (nSPS) is 17.1. The van der Waals surface area contributed by atoms with E-state index in [1.54, 1.807) is 0 Å². The van der Waals surface area contributed by atoms with Crippen molar-refractivity contribution in [2.45, 2.75) is 19.1 Å². The van der Waals surface area contributed by atoms with E-state index in [1.165, 1.54) is 0 Å². The van der Waals surface area contributed by atoms with Gasteiger partial charge >= 0.3 is 0 Å². The Kier molecular flexibility index (Phi) is 10.6. The highest BCUT2D eigenvalue weighted by molar-refractivity contribution is 7.85. The molecule has 9 heteroatoms. The van der Waals surface area contributed by atoms with Gasteiger partial charge in [-0.15, -0.1) is 0 Å². The fraction of sp³-hybridized carbons (Fsp3) is 0.400. The molecule has 0 saturated carbocycles. The Morgan fingerprint density at radius 1 is 1.14 bits per heavy atom. The Hall–Kier alpha value is -2.17. The molecule has 0 spiro atoms. The second-order valence-corrected chi connectivity index (χ2v) is 7.64. The van der Waals surface area contributed by atoms with E-state index in [-0.39, 0.29) is 17.7 Å². The van der Waals surface area contributed by atoms with Crippen molar-refractivity contribution in [3.63, 3.8) is 0 Å². The number of morpholine rings is 1. The highest BCUT2D eigenvalue weighted by Gasteiger charge is 2.28. The summed E-state index contributed by atoms with van der Waals surface area (Å²) < 4.78 is 43.8. The maximum absolute atomic E-state index is 9.19. The molecule has 0 aliphatic carbocycles. The van der Waals surface area contributed by atoms with Gasteiger partial charge in [0.2, 0.25) is 0 Å². The van der Waals surface area contributed by atoms with Crippen LogP contribution in [0.5, 0.6) is 11.5 Å². The van der Waals surface area contributed by atoms with Gasteiger partial charge in [0.05, 0.1) is 19.5 Å². The molecule has 29 heavy (non-hydrogen) atoms. The van der Waals surface area contributed by atoms with Crippen LogP contribution in [0.15, 0.2) is 54.6 Å². The van der Waals surface area contributed by atoms with Crippen molar-refractivity contribution in [2.75, 3.05) is 32.6 Å². The molecule has 1 aliphatic heterocycles. The summed E-state index contributed by atoms with van der Waals surface area (Å²) in [6.07, 6.45) is 0.513. The maximum Gasteiger partial charge on any atom is 0.261 e. The first-order chi connectivity index (χ1) is 13.4. The molecule has 1 aliphatic rings. The molecular weight excluding hydrogens is 398 g/mol. The Morgan fingerprint density at radius 3 is 2.28 bits per heavy atom. The zero-order chi connectivity index (χ0) is 20.4. The smallest absolute Gasteiger partial charge is 0.261 e. The van der Waals surface area contributed by atoms with E-state index in [0.29, 0.717) is 19.5 Å². The standard InChI is InChI=1S/C19H23NO3.CH4O3S.H2O/c1-2-21-16-10-6-7-11-17(16)23-19(15-8-4-3-5-9-15)18-14-20-12-13-22-18;1-5(2,3)4;/h3-11,18-20H,2,12-14H2,1H3;1H3,(H,2,3,4);1H2. The molecule has 1 saturated heterocycles. The minimum atomic E-state index is -3.67. The lowest BCUT2D eigenvalue weighted by Crippen LogP contribution is -2.43. The molecule has 8 nitrogen and oxygen atoms in total. The van der Waals surface area contributed by atoms with E-state index in [2.05, 4.69) is 17.4 Å². The molecular formula is C20H29NO7S. The van der Waals surface area contributed by atoms with Crippen LogP contribution >= 0.6 is 0 Å². The lowest BCUT2D eigenvalue weighted by molar-refractivity contribution is -0.0439. The fourth-order valence-corrected chi connectivity index (χ4v) is 2.74. The van der Waals surface area contributed by atoms with Crippen LogP contribution in [0.25, 0.3) is 0 Å². The molecule has 3 rings (SSSR count). The molecule has 0 amide bonds. The summed E-state index contributed by atoms with van der Waals surface area (Å²) in [6.45, 7) is 4.94. The average molecular weight is 428 g/mol. The molecule has 1 heterocycles. The van der Waals surface area contributed by atoms with E-state index in [1.807, 2.05) is 49.4 Å². The van der Waals surface area contributed by atoms with Gasteiger partial charge in [-0.1, -0.05) is 42.5 Å². The van der Waals surface area contributed by atoms with Crippen molar-refractivity contribution in [2.24, 2.45) is 0 Å². The minimum Gasteiger partial charge on any atom is -0.490 e. The molecule has 162 valence electrons. The highest BCUT2D eigenvalue weighted by atomic mass is 32.2. The third kappa shape index (κ3) is 9.25. The molecule has 2 aromatic carbocycles. The SMILES string of the molecule is CCOc1ccccc1OC(c1ccccc1)C1CNCCO1.CS(=O)(=O)O.O. The Bertz CT molecular complexity index is 801. The van der Waals surface area contributed by atoms with Gasteiger partial charge in [-0.05, 0) is 24.6 Å². The minimum absolute atomic E-state index is 0. The van der Waals surface area contributed by atoms with Crippen LogP contribution in [0, 0.1) is 0 Å². The van der Waals surface area contributed by atoms with E-state index in [0.717, 1.165) is 30.2 Å². The van der Waals surface area contributed by atoms with E-state index < -0.39 is 10.1 Å². The van der Waals surface area contributed by atoms with Gasteiger partial charge < -0.3 is 25.0 Å². The second-order valence-electron chi connectivity index (χ2n) is 6.18. The zero-order valence-corrected chi connectivity index (χ0v) is 17.4. The van der Waals surface area contributed by atoms with Crippen molar-refractivity contribution >= 4 is 10.1 Å². The van der Waals surface area contributed by atoms with Crippen molar-refractivity contribution in [1.29, 1.82) is 0 Å². The van der Waals surface area contributed by atoms with Crippen molar-refractivity contribution in [3.05, 3.63) is 60.2 Å². The summed E-state index contributed by atoms with van der Waals surface area (Å²) in [7, 11) is -3.67. The number of rotatable bonds is 6. The van der Waals surface area contributed by atoms with Gasteiger partial charge in [-0.25, -0.2) is 0 Å². The maximum atomic E-state index is 9.19. The van der Waals surface area contributed by atoms with Crippen LogP contribution in [0.1, 0.15) is 18.6 Å². The van der Waals surface area contributed by atoms with Crippen LogP contribution in [-0.4, -0.2) is 57.1 Å². The lowest BCUT2D eigenvalue weighted by Gasteiger charge is -2.32. The van der Waals surface area contributed by atoms with Gasteiger partial charge in [0, 0.05) is 13.1 Å². The molecule has 0 bridgehead atoms. The first-order valence-corrected chi connectivity index (χ1v) is 10.9. The van der Waals surface area contributed by atoms with E-state index in [4.69, 9.17) is 18.8 Å². The van der Waals surface area contributed by atoms with Crippen molar-refractivity contribution in [3.8, 4) is 11.5 Å². The number of para-hydroxylation sites is 2. The summed E-state index contributed by atoms with van der Waals surface area (Å²) in [5.74, 6) is 1.51. The van der Waals surface area contributed by atoms with Gasteiger partial charge in [0.1, 0.15) is 6.10 Å². The molecule has 2 unspecified atom stereocenters. The summed E-state index contributed by atoms with van der Waals surface area (Å²) >= 11 is 0. The fourth-order valence-electron chi connectivity index (χ4n) is 2.74. The molecule has 2 atom stereocenters.